The summed E-state index contributed by atoms with van der Waals surface area (Å²) in [6, 6.07) is 10.2. The summed E-state index contributed by atoms with van der Waals surface area (Å²) in [7, 11) is -1.77. The van der Waals surface area contributed by atoms with Crippen LogP contribution < -0.4 is 9.46 Å². The molecule has 1 fully saturated rings. The van der Waals surface area contributed by atoms with Crippen LogP contribution in [0, 0.1) is 11.8 Å². The summed E-state index contributed by atoms with van der Waals surface area (Å²) in [5.41, 5.74) is 0.510. The van der Waals surface area contributed by atoms with Crippen LogP contribution in [0.5, 0.6) is 5.75 Å². The number of carbonyl (C=O) groups is 1. The predicted octanol–water partition coefficient (Wildman–Crippen LogP) is 4.87. The fourth-order valence-electron chi connectivity index (χ4n) is 5.52. The van der Waals surface area contributed by atoms with E-state index in [0.29, 0.717) is 29.8 Å². The highest BCUT2D eigenvalue weighted by molar-refractivity contribution is 7.92. The third kappa shape index (κ3) is 7.45. The number of ether oxygens (including phenoxy) is 1. The molecule has 0 bridgehead atoms. The van der Waals surface area contributed by atoms with Gasteiger partial charge in [0.2, 0.25) is 0 Å². The smallest absolute Gasteiger partial charge is 0.261 e. The van der Waals surface area contributed by atoms with E-state index in [1.165, 1.54) is 62.4 Å². The first-order valence-electron chi connectivity index (χ1n) is 13.8. The first kappa shape index (κ1) is 29.6. The van der Waals surface area contributed by atoms with Gasteiger partial charge in [-0.2, -0.15) is 0 Å². The average Bonchev–Trinajstić information content (AvgIpc) is 2.91. The van der Waals surface area contributed by atoms with E-state index in [0.717, 1.165) is 6.54 Å². The van der Waals surface area contributed by atoms with E-state index in [4.69, 9.17) is 16.3 Å². The van der Waals surface area contributed by atoms with Crippen LogP contribution in [0.3, 0.4) is 0 Å². The van der Waals surface area contributed by atoms with Crippen LogP contribution in [-0.4, -0.2) is 74.7 Å². The molecule has 1 amide bonds. The lowest BCUT2D eigenvalue weighted by Crippen LogP contribution is -2.50. The minimum absolute atomic E-state index is 0.0213. The number of anilines is 1. The average molecular weight is 578 g/mol. The summed E-state index contributed by atoms with van der Waals surface area (Å²) in [4.78, 5) is 17.7. The van der Waals surface area contributed by atoms with Crippen molar-refractivity contribution < 1.29 is 23.1 Å². The van der Waals surface area contributed by atoms with Crippen LogP contribution in [-0.2, 0) is 10.0 Å². The quantitative estimate of drug-likeness (QED) is 0.441. The van der Waals surface area contributed by atoms with E-state index >= 15 is 0 Å². The van der Waals surface area contributed by atoms with Crippen LogP contribution in [0.25, 0.3) is 0 Å². The summed E-state index contributed by atoms with van der Waals surface area (Å²) in [5.74, 6) is 0.823. The third-order valence-electron chi connectivity index (χ3n) is 7.83. The van der Waals surface area contributed by atoms with Crippen molar-refractivity contribution in [3.8, 4) is 5.75 Å². The SMILES string of the molecule is C[C@@H]1CN([C@@H](C)CO)C(=O)c2cc(NS(=O)(=O)c3ccc(Cl)cc3)ccc2O[C@H]1CN(C)CC1CCCCC1. The number of rotatable bonds is 9. The van der Waals surface area contributed by atoms with Crippen molar-refractivity contribution in [1.29, 1.82) is 0 Å². The molecule has 2 N–H and O–H groups in total. The van der Waals surface area contributed by atoms with E-state index < -0.39 is 16.1 Å². The number of fused-ring (bicyclic) bond motifs is 1. The molecule has 1 heterocycles. The van der Waals surface area contributed by atoms with Crippen molar-refractivity contribution in [3.63, 3.8) is 0 Å². The van der Waals surface area contributed by atoms with Crippen LogP contribution in [0.4, 0.5) is 5.69 Å². The Kier molecular flexibility index (Phi) is 9.80. The fraction of sp³-hybridized carbons (Fsp3) is 0.552. The number of nitrogens with one attached hydrogen (secondary N) is 1. The zero-order valence-corrected chi connectivity index (χ0v) is 24.5. The Morgan fingerprint density at radius 2 is 1.82 bits per heavy atom. The van der Waals surface area contributed by atoms with Gasteiger partial charge in [-0.15, -0.1) is 0 Å². The number of aliphatic hydroxyl groups excluding tert-OH is 1. The summed E-state index contributed by atoms with van der Waals surface area (Å²) < 4.78 is 35.0. The van der Waals surface area contributed by atoms with Crippen LogP contribution >= 0.6 is 11.6 Å². The standard InChI is InChI=1S/C29H40ClN3O5S/c1-20-16-33(21(2)19-34)29(35)26-15-24(31-39(36,37)25-12-9-23(30)10-13-25)11-14-27(26)38-28(20)18-32(3)17-22-7-5-4-6-8-22/h9-15,20-22,28,31,34H,4-8,16-19H2,1-3H3/t20-,21+,28+/m1/s1. The maximum absolute atomic E-state index is 13.7. The zero-order chi connectivity index (χ0) is 28.2. The van der Waals surface area contributed by atoms with Gasteiger partial charge >= 0.3 is 0 Å². The Morgan fingerprint density at radius 3 is 2.49 bits per heavy atom. The number of hydrogen-bond donors (Lipinski definition) is 2. The van der Waals surface area contributed by atoms with Gasteiger partial charge in [-0.3, -0.25) is 9.52 Å². The molecule has 2 aromatic carbocycles. The minimum atomic E-state index is -3.90. The van der Waals surface area contributed by atoms with Crippen molar-refractivity contribution in [2.45, 2.75) is 63.0 Å². The fourth-order valence-corrected chi connectivity index (χ4v) is 6.70. The van der Waals surface area contributed by atoms with Gasteiger partial charge in [0.1, 0.15) is 11.9 Å². The molecule has 3 atom stereocenters. The van der Waals surface area contributed by atoms with E-state index in [1.54, 1.807) is 17.0 Å². The van der Waals surface area contributed by atoms with Crippen LogP contribution in [0.2, 0.25) is 5.02 Å². The molecule has 8 nitrogen and oxygen atoms in total. The minimum Gasteiger partial charge on any atom is -0.488 e. The monoisotopic (exact) mass is 577 g/mol. The molecule has 0 spiro atoms. The lowest BCUT2D eigenvalue weighted by atomic mass is 9.89. The molecular weight excluding hydrogens is 538 g/mol. The van der Waals surface area contributed by atoms with Gasteiger partial charge in [0.15, 0.2) is 0 Å². The van der Waals surface area contributed by atoms with Crippen LogP contribution in [0.1, 0.15) is 56.3 Å². The predicted molar refractivity (Wildman–Crippen MR) is 154 cm³/mol. The highest BCUT2D eigenvalue weighted by Crippen LogP contribution is 2.32. The molecule has 214 valence electrons. The first-order chi connectivity index (χ1) is 18.6. The first-order valence-corrected chi connectivity index (χ1v) is 15.6. The maximum atomic E-state index is 13.7. The number of likely N-dealkylation sites (N-methyl/N-ethyl adjacent to an activating group) is 1. The molecule has 1 saturated carbocycles. The number of sulfonamides is 1. The summed E-state index contributed by atoms with van der Waals surface area (Å²) >= 11 is 5.91. The molecule has 1 aliphatic heterocycles. The molecule has 10 heteroatoms. The van der Waals surface area contributed by atoms with Crippen molar-refractivity contribution >= 4 is 33.2 Å². The van der Waals surface area contributed by atoms with E-state index in [1.807, 2.05) is 6.92 Å². The molecule has 1 aliphatic carbocycles. The number of aliphatic hydroxyl groups is 1. The Bertz CT molecular complexity index is 1230. The second kappa shape index (κ2) is 12.9. The van der Waals surface area contributed by atoms with Crippen molar-refractivity contribution in [3.05, 3.63) is 53.1 Å². The highest BCUT2D eigenvalue weighted by Gasteiger charge is 2.34. The number of amides is 1. The largest absolute Gasteiger partial charge is 0.488 e. The zero-order valence-electron chi connectivity index (χ0n) is 23.0. The lowest BCUT2D eigenvalue weighted by molar-refractivity contribution is 0.0330. The molecule has 2 aliphatic rings. The number of carbonyl (C=O) groups excluding carboxylic acids is 1. The van der Waals surface area contributed by atoms with Gasteiger partial charge < -0.3 is 19.6 Å². The number of benzene rings is 2. The van der Waals surface area contributed by atoms with Gasteiger partial charge in [-0.05, 0) is 75.2 Å². The number of halogens is 1. The van der Waals surface area contributed by atoms with E-state index in [2.05, 4.69) is 23.6 Å². The molecule has 0 aromatic heterocycles. The Hall–Kier alpha value is -2.33. The van der Waals surface area contributed by atoms with Gasteiger partial charge in [0.05, 0.1) is 23.1 Å². The van der Waals surface area contributed by atoms with Gasteiger partial charge in [-0.25, -0.2) is 8.42 Å². The second-order valence-electron chi connectivity index (χ2n) is 11.1. The Morgan fingerprint density at radius 1 is 1.13 bits per heavy atom. The lowest BCUT2D eigenvalue weighted by Gasteiger charge is -2.38. The number of hydrogen-bond acceptors (Lipinski definition) is 6. The maximum Gasteiger partial charge on any atom is 0.261 e. The summed E-state index contributed by atoms with van der Waals surface area (Å²) in [5, 5.41) is 10.3. The second-order valence-corrected chi connectivity index (χ2v) is 13.2. The van der Waals surface area contributed by atoms with E-state index in [9.17, 15) is 18.3 Å². The molecule has 0 saturated heterocycles. The van der Waals surface area contributed by atoms with Gasteiger partial charge in [0, 0.05) is 36.3 Å². The van der Waals surface area contributed by atoms with Crippen molar-refractivity contribution in [1.82, 2.24) is 9.80 Å². The Balaban J connectivity index is 1.60. The van der Waals surface area contributed by atoms with Crippen LogP contribution in [0.15, 0.2) is 47.4 Å². The Labute approximate surface area is 237 Å². The summed E-state index contributed by atoms with van der Waals surface area (Å²) in [6.07, 6.45) is 6.25. The molecule has 0 radical (unpaired) electrons. The molecule has 0 unspecified atom stereocenters. The highest BCUT2D eigenvalue weighted by atomic mass is 35.5. The topological polar surface area (TPSA) is 99.2 Å². The number of nitrogens with zero attached hydrogens (tertiary/aromatic N) is 2. The summed E-state index contributed by atoms with van der Waals surface area (Å²) in [6.45, 7) is 5.84. The third-order valence-corrected chi connectivity index (χ3v) is 9.48. The molecular formula is C29H40ClN3O5S. The van der Waals surface area contributed by atoms with Gasteiger partial charge in [0.25, 0.3) is 15.9 Å². The van der Waals surface area contributed by atoms with Gasteiger partial charge in [-0.1, -0.05) is 37.8 Å². The van der Waals surface area contributed by atoms with Crippen molar-refractivity contribution in [2.24, 2.45) is 11.8 Å². The molecule has 4 rings (SSSR count). The van der Waals surface area contributed by atoms with Crippen molar-refractivity contribution in [2.75, 3.05) is 38.0 Å². The van der Waals surface area contributed by atoms with E-state index in [-0.39, 0.29) is 40.7 Å². The molecule has 2 aromatic rings. The normalized spacial score (nSPS) is 21.6. The molecule has 39 heavy (non-hydrogen) atoms.